The smallest absolute Gasteiger partial charge is 0.315 e. The molecule has 0 saturated carbocycles. The maximum absolute atomic E-state index is 12.2. The molecule has 0 saturated heterocycles. The van der Waals surface area contributed by atoms with E-state index in [1.54, 1.807) is 0 Å². The van der Waals surface area contributed by atoms with Gasteiger partial charge in [-0.2, -0.15) is 0 Å². The molecule has 2 amide bonds. The van der Waals surface area contributed by atoms with Gasteiger partial charge in [0.1, 0.15) is 0 Å². The topological polar surface area (TPSA) is 61.4 Å². The van der Waals surface area contributed by atoms with Crippen molar-refractivity contribution >= 4 is 6.03 Å². The van der Waals surface area contributed by atoms with E-state index in [9.17, 15) is 4.79 Å². The molecule has 0 aliphatic carbocycles. The number of aliphatic hydroxyl groups excluding tert-OH is 1. The molecule has 2 rings (SSSR count). The van der Waals surface area contributed by atoms with Crippen LogP contribution in [-0.4, -0.2) is 24.3 Å². The van der Waals surface area contributed by atoms with Crippen LogP contribution in [0.15, 0.2) is 60.7 Å². The number of nitrogens with one attached hydrogen (secondary N) is 2. The number of hydrogen-bond acceptors (Lipinski definition) is 2. The fourth-order valence-electron chi connectivity index (χ4n) is 2.42. The molecule has 0 bridgehead atoms. The molecule has 0 fully saturated rings. The van der Waals surface area contributed by atoms with Crippen LogP contribution in [0.25, 0.3) is 0 Å². The fourth-order valence-corrected chi connectivity index (χ4v) is 2.42. The molecule has 0 heterocycles. The summed E-state index contributed by atoms with van der Waals surface area (Å²) in [6, 6.07) is 19.4. The predicted molar refractivity (Wildman–Crippen MR) is 92.1 cm³/mol. The lowest BCUT2D eigenvalue weighted by Gasteiger charge is -2.21. The lowest BCUT2D eigenvalue weighted by molar-refractivity contribution is 0.232. The minimum atomic E-state index is -0.201. The summed E-state index contributed by atoms with van der Waals surface area (Å²) in [4.78, 5) is 12.2. The summed E-state index contributed by atoms with van der Waals surface area (Å²) < 4.78 is 0. The monoisotopic (exact) mass is 312 g/mol. The molecular formula is C19H24N2O2. The molecule has 23 heavy (non-hydrogen) atoms. The lowest BCUT2D eigenvalue weighted by Crippen LogP contribution is -2.40. The Hall–Kier alpha value is -2.33. The Morgan fingerprint density at radius 2 is 1.52 bits per heavy atom. The average molecular weight is 312 g/mol. The molecule has 1 unspecified atom stereocenters. The highest BCUT2D eigenvalue weighted by molar-refractivity contribution is 5.75. The zero-order chi connectivity index (χ0) is 16.5. The molecule has 1 atom stereocenters. The molecule has 2 aromatic carbocycles. The summed E-state index contributed by atoms with van der Waals surface area (Å²) in [5, 5.41) is 14.8. The van der Waals surface area contributed by atoms with E-state index in [1.807, 2.05) is 67.6 Å². The Morgan fingerprint density at radius 1 is 1.00 bits per heavy atom. The van der Waals surface area contributed by atoms with Crippen LogP contribution in [0.5, 0.6) is 0 Å². The highest BCUT2D eigenvalue weighted by Crippen LogP contribution is 2.21. The zero-order valence-corrected chi connectivity index (χ0v) is 13.4. The standard InChI is InChI=1S/C19H24N2O2/c1-15(12-13-22)14-20-19(23)21-18(16-8-4-2-5-9-16)17-10-6-3-7-11-17/h2-11,15,18,22H,12-14H2,1H3,(H2,20,21,23). The maximum atomic E-state index is 12.2. The molecule has 0 spiro atoms. The first-order valence-electron chi connectivity index (χ1n) is 7.96. The number of urea groups is 1. The summed E-state index contributed by atoms with van der Waals surface area (Å²) in [6.45, 7) is 2.69. The number of hydrogen-bond donors (Lipinski definition) is 3. The SMILES string of the molecule is CC(CCO)CNC(=O)NC(c1ccccc1)c1ccccc1. The van der Waals surface area contributed by atoms with E-state index in [0.717, 1.165) is 11.1 Å². The molecular weight excluding hydrogens is 288 g/mol. The van der Waals surface area contributed by atoms with Gasteiger partial charge in [0.2, 0.25) is 0 Å². The summed E-state index contributed by atoms with van der Waals surface area (Å²) in [5.41, 5.74) is 2.08. The first kappa shape index (κ1) is 17.0. The Balaban J connectivity index is 2.05. The molecule has 122 valence electrons. The highest BCUT2D eigenvalue weighted by atomic mass is 16.3. The quantitative estimate of drug-likeness (QED) is 0.736. The molecule has 0 aromatic heterocycles. The van der Waals surface area contributed by atoms with Crippen molar-refractivity contribution in [1.82, 2.24) is 10.6 Å². The van der Waals surface area contributed by atoms with Gasteiger partial charge < -0.3 is 15.7 Å². The molecule has 4 heteroatoms. The Labute approximate surface area is 137 Å². The lowest BCUT2D eigenvalue weighted by atomic mass is 9.99. The van der Waals surface area contributed by atoms with Gasteiger partial charge in [0.05, 0.1) is 6.04 Å². The van der Waals surface area contributed by atoms with Gasteiger partial charge in [0.15, 0.2) is 0 Å². The third-order valence-corrected chi connectivity index (χ3v) is 3.77. The van der Waals surface area contributed by atoms with Gasteiger partial charge >= 0.3 is 6.03 Å². The molecule has 3 N–H and O–H groups in total. The van der Waals surface area contributed by atoms with Crippen LogP contribution in [0.4, 0.5) is 4.79 Å². The van der Waals surface area contributed by atoms with Crippen LogP contribution in [0, 0.1) is 5.92 Å². The Bertz CT molecular complexity index is 547. The molecule has 0 aliphatic heterocycles. The Kier molecular flexibility index (Phi) is 6.63. The number of amides is 2. The predicted octanol–water partition coefficient (Wildman–Crippen LogP) is 3.09. The minimum absolute atomic E-state index is 0.140. The minimum Gasteiger partial charge on any atom is -0.396 e. The number of carbonyl (C=O) groups excluding carboxylic acids is 1. The number of rotatable bonds is 7. The number of aliphatic hydroxyl groups is 1. The summed E-state index contributed by atoms with van der Waals surface area (Å²) in [7, 11) is 0. The first-order valence-corrected chi connectivity index (χ1v) is 7.96. The van der Waals surface area contributed by atoms with Gasteiger partial charge in [-0.1, -0.05) is 67.6 Å². The highest BCUT2D eigenvalue weighted by Gasteiger charge is 2.16. The number of benzene rings is 2. The van der Waals surface area contributed by atoms with Crippen LogP contribution >= 0.6 is 0 Å². The summed E-state index contributed by atoms with van der Waals surface area (Å²) >= 11 is 0. The molecule has 2 aromatic rings. The molecule has 0 radical (unpaired) electrons. The van der Waals surface area contributed by atoms with Crippen LogP contribution in [0.1, 0.15) is 30.5 Å². The third kappa shape index (κ3) is 5.42. The zero-order valence-electron chi connectivity index (χ0n) is 13.4. The second-order valence-electron chi connectivity index (χ2n) is 5.73. The van der Waals surface area contributed by atoms with Gasteiger partial charge in [-0.3, -0.25) is 0 Å². The van der Waals surface area contributed by atoms with Crippen molar-refractivity contribution < 1.29 is 9.90 Å². The van der Waals surface area contributed by atoms with E-state index in [4.69, 9.17) is 5.11 Å². The van der Waals surface area contributed by atoms with Crippen molar-refractivity contribution in [3.8, 4) is 0 Å². The van der Waals surface area contributed by atoms with E-state index in [0.29, 0.717) is 13.0 Å². The second kappa shape index (κ2) is 8.96. The van der Waals surface area contributed by atoms with Gasteiger partial charge in [-0.05, 0) is 23.5 Å². The van der Waals surface area contributed by atoms with E-state index in [2.05, 4.69) is 10.6 Å². The third-order valence-electron chi connectivity index (χ3n) is 3.77. The fraction of sp³-hybridized carbons (Fsp3) is 0.316. The first-order chi connectivity index (χ1) is 11.2. The summed E-state index contributed by atoms with van der Waals surface area (Å²) in [6.07, 6.45) is 0.682. The van der Waals surface area contributed by atoms with Crippen LogP contribution < -0.4 is 10.6 Å². The van der Waals surface area contributed by atoms with Crippen molar-refractivity contribution in [1.29, 1.82) is 0 Å². The van der Waals surface area contributed by atoms with Crippen molar-refractivity contribution in [2.45, 2.75) is 19.4 Å². The van der Waals surface area contributed by atoms with Gasteiger partial charge in [-0.15, -0.1) is 0 Å². The van der Waals surface area contributed by atoms with Crippen molar-refractivity contribution in [3.63, 3.8) is 0 Å². The van der Waals surface area contributed by atoms with Crippen LogP contribution in [0.2, 0.25) is 0 Å². The van der Waals surface area contributed by atoms with Gasteiger partial charge in [-0.25, -0.2) is 4.79 Å². The maximum Gasteiger partial charge on any atom is 0.315 e. The second-order valence-corrected chi connectivity index (χ2v) is 5.73. The normalized spacial score (nSPS) is 12.0. The van der Waals surface area contributed by atoms with Crippen LogP contribution in [-0.2, 0) is 0 Å². The largest absolute Gasteiger partial charge is 0.396 e. The van der Waals surface area contributed by atoms with E-state index >= 15 is 0 Å². The van der Waals surface area contributed by atoms with E-state index in [-0.39, 0.29) is 24.6 Å². The van der Waals surface area contributed by atoms with Crippen molar-refractivity contribution in [2.75, 3.05) is 13.2 Å². The Morgan fingerprint density at radius 3 is 2.00 bits per heavy atom. The van der Waals surface area contributed by atoms with Crippen LogP contribution in [0.3, 0.4) is 0 Å². The van der Waals surface area contributed by atoms with Crippen molar-refractivity contribution in [2.24, 2.45) is 5.92 Å². The van der Waals surface area contributed by atoms with E-state index < -0.39 is 0 Å². The average Bonchev–Trinajstić information content (AvgIpc) is 2.60. The van der Waals surface area contributed by atoms with Gasteiger partial charge in [0.25, 0.3) is 0 Å². The van der Waals surface area contributed by atoms with Crippen molar-refractivity contribution in [3.05, 3.63) is 71.8 Å². The van der Waals surface area contributed by atoms with Gasteiger partial charge in [0, 0.05) is 13.2 Å². The van der Waals surface area contributed by atoms with E-state index in [1.165, 1.54) is 0 Å². The molecule has 0 aliphatic rings. The summed E-state index contributed by atoms with van der Waals surface area (Å²) in [5.74, 6) is 0.248. The number of carbonyl (C=O) groups is 1. The molecule has 4 nitrogen and oxygen atoms in total.